The number of fused-ring (bicyclic) bond motifs is 2. The summed E-state index contributed by atoms with van der Waals surface area (Å²) in [5, 5.41) is 14.1. The van der Waals surface area contributed by atoms with E-state index in [1.165, 1.54) is 4.52 Å². The van der Waals surface area contributed by atoms with Gasteiger partial charge in [-0.3, -0.25) is 0 Å². The van der Waals surface area contributed by atoms with Crippen molar-refractivity contribution in [3.8, 4) is 0 Å². The van der Waals surface area contributed by atoms with E-state index >= 15 is 0 Å². The standard InChI is InChI=1S/C11H14N6O/c18-11-14-13-9-1-2-10(15-17(9)11)16-5-7-3-12-4-8(7)6-16/h1-2,7-8,12H,3-6H2,(H,14,18). The van der Waals surface area contributed by atoms with Gasteiger partial charge in [0.2, 0.25) is 0 Å². The Bertz CT molecular complexity index is 634. The molecule has 0 bridgehead atoms. The quantitative estimate of drug-likeness (QED) is 0.680. The molecule has 2 fully saturated rings. The topological polar surface area (TPSA) is 78.3 Å². The van der Waals surface area contributed by atoms with Crippen molar-refractivity contribution in [1.29, 1.82) is 0 Å². The van der Waals surface area contributed by atoms with Gasteiger partial charge in [0, 0.05) is 26.2 Å². The average molecular weight is 246 g/mol. The Morgan fingerprint density at radius 1 is 1.22 bits per heavy atom. The first-order chi connectivity index (χ1) is 8.81. The molecule has 7 nitrogen and oxygen atoms in total. The van der Waals surface area contributed by atoms with Crippen molar-refractivity contribution in [2.24, 2.45) is 11.8 Å². The van der Waals surface area contributed by atoms with Gasteiger partial charge >= 0.3 is 5.69 Å². The van der Waals surface area contributed by atoms with Crippen molar-refractivity contribution in [2.75, 3.05) is 31.1 Å². The fraction of sp³-hybridized carbons (Fsp3) is 0.545. The largest absolute Gasteiger partial charge is 0.364 e. The summed E-state index contributed by atoms with van der Waals surface area (Å²) in [6, 6.07) is 3.76. The summed E-state index contributed by atoms with van der Waals surface area (Å²) in [5.41, 5.74) is 0.276. The first-order valence-electron chi connectivity index (χ1n) is 6.21. The van der Waals surface area contributed by atoms with Crippen LogP contribution in [-0.2, 0) is 0 Å². The maximum absolute atomic E-state index is 11.5. The average Bonchev–Trinajstić information content (AvgIpc) is 3.03. The van der Waals surface area contributed by atoms with Gasteiger partial charge in [0.25, 0.3) is 0 Å². The van der Waals surface area contributed by atoms with Crippen LogP contribution < -0.4 is 15.9 Å². The number of H-pyrrole nitrogens is 1. The van der Waals surface area contributed by atoms with Gasteiger partial charge in [0.1, 0.15) is 5.82 Å². The fourth-order valence-electron chi connectivity index (χ4n) is 3.00. The van der Waals surface area contributed by atoms with Gasteiger partial charge in [-0.1, -0.05) is 0 Å². The fourth-order valence-corrected chi connectivity index (χ4v) is 3.00. The third-order valence-corrected chi connectivity index (χ3v) is 3.97. The number of hydrogen-bond donors (Lipinski definition) is 2. The lowest BCUT2D eigenvalue weighted by atomic mass is 10.0. The molecule has 0 radical (unpaired) electrons. The van der Waals surface area contributed by atoms with Gasteiger partial charge < -0.3 is 10.2 Å². The smallest absolute Gasteiger partial charge is 0.355 e. The number of rotatable bonds is 1. The van der Waals surface area contributed by atoms with Crippen LogP contribution in [0, 0.1) is 11.8 Å². The summed E-state index contributed by atoms with van der Waals surface area (Å²) >= 11 is 0. The van der Waals surface area contributed by atoms with E-state index in [1.807, 2.05) is 12.1 Å². The van der Waals surface area contributed by atoms with Crippen molar-refractivity contribution >= 4 is 11.5 Å². The van der Waals surface area contributed by atoms with E-state index in [2.05, 4.69) is 25.5 Å². The van der Waals surface area contributed by atoms with E-state index in [0.717, 1.165) is 32.0 Å². The molecule has 2 aromatic heterocycles. The number of anilines is 1. The van der Waals surface area contributed by atoms with Crippen molar-refractivity contribution in [3.05, 3.63) is 22.6 Å². The molecule has 0 spiro atoms. The predicted octanol–water partition coefficient (Wildman–Crippen LogP) is -0.927. The Balaban J connectivity index is 1.70. The molecule has 2 saturated heterocycles. The van der Waals surface area contributed by atoms with Crippen molar-refractivity contribution in [2.45, 2.75) is 0 Å². The highest BCUT2D eigenvalue weighted by Crippen LogP contribution is 2.29. The summed E-state index contributed by atoms with van der Waals surface area (Å²) in [6.07, 6.45) is 0. The van der Waals surface area contributed by atoms with Gasteiger partial charge in [0.05, 0.1) is 0 Å². The predicted molar refractivity (Wildman–Crippen MR) is 65.7 cm³/mol. The Kier molecular flexibility index (Phi) is 1.99. The van der Waals surface area contributed by atoms with Gasteiger partial charge in [0.15, 0.2) is 5.65 Å². The summed E-state index contributed by atoms with van der Waals surface area (Å²) in [6.45, 7) is 4.22. The van der Waals surface area contributed by atoms with E-state index < -0.39 is 0 Å². The second-order valence-electron chi connectivity index (χ2n) is 5.07. The minimum Gasteiger partial charge on any atom is -0.355 e. The van der Waals surface area contributed by atoms with E-state index in [0.29, 0.717) is 17.5 Å². The maximum Gasteiger partial charge on any atom is 0.364 e. The van der Waals surface area contributed by atoms with Crippen LogP contribution in [0.1, 0.15) is 0 Å². The summed E-state index contributed by atoms with van der Waals surface area (Å²) < 4.78 is 1.32. The van der Waals surface area contributed by atoms with Crippen LogP contribution in [0.15, 0.2) is 16.9 Å². The second kappa shape index (κ2) is 3.55. The van der Waals surface area contributed by atoms with Crippen LogP contribution in [0.5, 0.6) is 0 Å². The minimum absolute atomic E-state index is 0.284. The lowest BCUT2D eigenvalue weighted by Crippen LogP contribution is -2.27. The lowest BCUT2D eigenvalue weighted by Gasteiger charge is -2.17. The van der Waals surface area contributed by atoms with E-state index in [4.69, 9.17) is 0 Å². The molecule has 2 atom stereocenters. The van der Waals surface area contributed by atoms with Crippen molar-refractivity contribution < 1.29 is 0 Å². The molecule has 2 aromatic rings. The molecule has 2 N–H and O–H groups in total. The third-order valence-electron chi connectivity index (χ3n) is 3.97. The normalized spacial score (nSPS) is 27.0. The third kappa shape index (κ3) is 1.37. The highest BCUT2D eigenvalue weighted by Gasteiger charge is 2.36. The molecule has 0 saturated carbocycles. The molecule has 4 heterocycles. The highest BCUT2D eigenvalue weighted by molar-refractivity contribution is 5.46. The molecule has 2 unspecified atom stereocenters. The Hall–Kier alpha value is -1.89. The summed E-state index contributed by atoms with van der Waals surface area (Å²) in [5.74, 6) is 2.28. The molecular weight excluding hydrogens is 232 g/mol. The first kappa shape index (κ1) is 10.1. The number of aromatic amines is 1. The van der Waals surface area contributed by atoms with Crippen LogP contribution in [0.25, 0.3) is 5.65 Å². The number of aromatic nitrogens is 4. The lowest BCUT2D eigenvalue weighted by molar-refractivity contribution is 0.533. The Morgan fingerprint density at radius 2 is 2.00 bits per heavy atom. The van der Waals surface area contributed by atoms with Gasteiger partial charge in [-0.25, -0.2) is 9.89 Å². The minimum atomic E-state index is -0.284. The van der Waals surface area contributed by atoms with Crippen LogP contribution >= 0.6 is 0 Å². The van der Waals surface area contributed by atoms with E-state index in [9.17, 15) is 4.79 Å². The van der Waals surface area contributed by atoms with Gasteiger partial charge in [-0.15, -0.1) is 5.10 Å². The molecular formula is C11H14N6O. The number of nitrogens with one attached hydrogen (secondary N) is 2. The first-order valence-corrected chi connectivity index (χ1v) is 6.21. The van der Waals surface area contributed by atoms with Crippen molar-refractivity contribution in [1.82, 2.24) is 25.1 Å². The van der Waals surface area contributed by atoms with Gasteiger partial charge in [-0.2, -0.15) is 9.61 Å². The highest BCUT2D eigenvalue weighted by atomic mass is 16.2. The molecule has 0 aliphatic carbocycles. The van der Waals surface area contributed by atoms with Crippen LogP contribution in [-0.4, -0.2) is 46.0 Å². The molecule has 0 amide bonds. The molecule has 4 rings (SSSR count). The monoisotopic (exact) mass is 246 g/mol. The SMILES string of the molecule is O=c1[nH]nc2ccc(N3CC4CNCC4C3)nn12. The molecule has 2 aliphatic heterocycles. The summed E-state index contributed by atoms with van der Waals surface area (Å²) in [7, 11) is 0. The van der Waals surface area contributed by atoms with Crippen LogP contribution in [0.2, 0.25) is 0 Å². The molecule has 2 aliphatic rings. The Morgan fingerprint density at radius 3 is 2.78 bits per heavy atom. The molecule has 7 heteroatoms. The Labute approximate surface area is 103 Å². The zero-order chi connectivity index (χ0) is 12.1. The zero-order valence-electron chi connectivity index (χ0n) is 9.83. The zero-order valence-corrected chi connectivity index (χ0v) is 9.83. The molecule has 94 valence electrons. The maximum atomic E-state index is 11.5. The summed E-state index contributed by atoms with van der Waals surface area (Å²) in [4.78, 5) is 13.8. The van der Waals surface area contributed by atoms with Crippen molar-refractivity contribution in [3.63, 3.8) is 0 Å². The van der Waals surface area contributed by atoms with Crippen LogP contribution in [0.4, 0.5) is 5.82 Å². The molecule has 18 heavy (non-hydrogen) atoms. The number of nitrogens with zero attached hydrogens (tertiary/aromatic N) is 4. The second-order valence-corrected chi connectivity index (χ2v) is 5.07. The van der Waals surface area contributed by atoms with Gasteiger partial charge in [-0.05, 0) is 24.0 Å². The van der Waals surface area contributed by atoms with Crippen LogP contribution in [0.3, 0.4) is 0 Å². The molecule has 0 aromatic carbocycles. The number of hydrogen-bond acceptors (Lipinski definition) is 5. The van der Waals surface area contributed by atoms with E-state index in [1.54, 1.807) is 0 Å². The van der Waals surface area contributed by atoms with E-state index in [-0.39, 0.29) is 5.69 Å².